The molecule has 0 saturated heterocycles. The Morgan fingerprint density at radius 3 is 2.50 bits per heavy atom. The van der Waals surface area contributed by atoms with Crippen LogP contribution in [0.5, 0.6) is 0 Å². The zero-order valence-corrected chi connectivity index (χ0v) is 19.1. The molecule has 5 rings (SSSR count). The van der Waals surface area contributed by atoms with E-state index in [4.69, 9.17) is 0 Å². The molecule has 0 aliphatic rings. The Balaban J connectivity index is 1.65. The molecule has 172 valence electrons. The third-order valence-electron chi connectivity index (χ3n) is 5.34. The maximum absolute atomic E-state index is 14.5. The summed E-state index contributed by atoms with van der Waals surface area (Å²) in [5, 5.41) is 4.20. The van der Waals surface area contributed by atoms with Gasteiger partial charge in [-0.1, -0.05) is 0 Å². The Hall–Kier alpha value is -3.92. The van der Waals surface area contributed by atoms with Gasteiger partial charge < -0.3 is 0 Å². The Bertz CT molecular complexity index is 1660. The van der Waals surface area contributed by atoms with Gasteiger partial charge in [0.25, 0.3) is 0 Å². The number of sulfone groups is 1. The average molecular weight is 480 g/mol. The summed E-state index contributed by atoms with van der Waals surface area (Å²) >= 11 is 0. The van der Waals surface area contributed by atoms with E-state index in [0.717, 1.165) is 29.5 Å². The molecule has 0 aliphatic heterocycles. The number of hydrogen-bond donors (Lipinski definition) is 0. The fraction of sp³-hybridized carbons (Fsp3) is 0.125. The highest BCUT2D eigenvalue weighted by Crippen LogP contribution is 2.30. The molecule has 0 spiro atoms. The normalized spacial score (nSPS) is 11.9. The zero-order chi connectivity index (χ0) is 24.0. The van der Waals surface area contributed by atoms with Gasteiger partial charge in [-0.05, 0) is 42.0 Å². The van der Waals surface area contributed by atoms with E-state index in [1.165, 1.54) is 6.07 Å². The smallest absolute Gasteiger partial charge is 0.153 e. The van der Waals surface area contributed by atoms with Gasteiger partial charge >= 0.3 is 0 Å². The summed E-state index contributed by atoms with van der Waals surface area (Å²) in [5.41, 5.74) is 4.37. The van der Waals surface area contributed by atoms with Gasteiger partial charge in [0.05, 0.1) is 35.2 Å². The Kier molecular flexibility index (Phi) is 5.24. The van der Waals surface area contributed by atoms with Crippen molar-refractivity contribution in [3.05, 3.63) is 84.6 Å². The first-order valence-corrected chi connectivity index (χ1v) is 12.3. The lowest BCUT2D eigenvalue weighted by Gasteiger charge is -2.10. The van der Waals surface area contributed by atoms with E-state index in [2.05, 4.69) is 15.1 Å². The van der Waals surface area contributed by atoms with Crippen LogP contribution in [0.4, 0.5) is 8.78 Å². The highest BCUT2D eigenvalue weighted by molar-refractivity contribution is 7.89. The molecule has 4 heterocycles. The molecule has 0 fully saturated rings. The summed E-state index contributed by atoms with van der Waals surface area (Å²) in [6, 6.07) is 10.3. The van der Waals surface area contributed by atoms with E-state index < -0.39 is 21.5 Å². The number of halogens is 2. The highest BCUT2D eigenvalue weighted by atomic mass is 32.2. The summed E-state index contributed by atoms with van der Waals surface area (Å²) in [6.45, 7) is 0. The molecule has 4 aromatic heterocycles. The summed E-state index contributed by atoms with van der Waals surface area (Å²) in [7, 11) is -1.56. The van der Waals surface area contributed by atoms with E-state index in [0.29, 0.717) is 16.9 Å². The first kappa shape index (κ1) is 21.9. The fourth-order valence-electron chi connectivity index (χ4n) is 3.86. The van der Waals surface area contributed by atoms with Gasteiger partial charge in [-0.3, -0.25) is 14.1 Å². The number of benzene rings is 1. The molecule has 5 aromatic rings. The van der Waals surface area contributed by atoms with E-state index in [1.54, 1.807) is 29.2 Å². The number of nitrogens with zero attached hydrogens (tertiary/aromatic N) is 5. The van der Waals surface area contributed by atoms with E-state index in [9.17, 15) is 17.2 Å². The third kappa shape index (κ3) is 4.32. The molecule has 0 N–H and O–H groups in total. The molecule has 0 radical (unpaired) electrons. The van der Waals surface area contributed by atoms with E-state index in [1.807, 2.05) is 36.0 Å². The molecule has 0 amide bonds. The minimum atomic E-state index is -3.40. The molecule has 0 atom stereocenters. The maximum atomic E-state index is 14.5. The minimum absolute atomic E-state index is 0.0747. The number of pyridine rings is 2. The lowest BCUT2D eigenvalue weighted by Crippen LogP contribution is -2.04. The van der Waals surface area contributed by atoms with Crippen LogP contribution in [0.15, 0.2) is 67.3 Å². The zero-order valence-electron chi connectivity index (χ0n) is 18.3. The quantitative estimate of drug-likeness (QED) is 0.376. The van der Waals surface area contributed by atoms with Gasteiger partial charge in [-0.2, -0.15) is 5.10 Å². The summed E-state index contributed by atoms with van der Waals surface area (Å²) in [5.74, 6) is -1.81. The maximum Gasteiger partial charge on any atom is 0.153 e. The lowest BCUT2D eigenvalue weighted by molar-refractivity contribution is 0.585. The van der Waals surface area contributed by atoms with Gasteiger partial charge in [-0.15, -0.1) is 0 Å². The van der Waals surface area contributed by atoms with Crippen molar-refractivity contribution in [2.45, 2.75) is 5.75 Å². The van der Waals surface area contributed by atoms with Crippen LogP contribution in [0.25, 0.3) is 39.3 Å². The number of imidazole rings is 1. The monoisotopic (exact) mass is 479 g/mol. The van der Waals surface area contributed by atoms with Gasteiger partial charge in [0, 0.05) is 48.5 Å². The van der Waals surface area contributed by atoms with Gasteiger partial charge in [-0.25, -0.2) is 22.2 Å². The highest BCUT2D eigenvalue weighted by Gasteiger charge is 2.16. The molecular weight excluding hydrogens is 460 g/mol. The third-order valence-corrected chi connectivity index (χ3v) is 6.16. The van der Waals surface area contributed by atoms with Crippen LogP contribution in [0.1, 0.15) is 5.69 Å². The van der Waals surface area contributed by atoms with Crippen molar-refractivity contribution in [3.8, 4) is 33.6 Å². The molecule has 7 nitrogen and oxygen atoms in total. The van der Waals surface area contributed by atoms with Crippen LogP contribution in [0.2, 0.25) is 0 Å². The number of aryl methyl sites for hydroxylation is 1. The van der Waals surface area contributed by atoms with Crippen LogP contribution < -0.4 is 0 Å². The van der Waals surface area contributed by atoms with Crippen LogP contribution in [0, 0.1) is 11.6 Å². The van der Waals surface area contributed by atoms with Crippen molar-refractivity contribution in [1.82, 2.24) is 24.1 Å². The number of fused-ring (bicyclic) bond motifs is 1. The van der Waals surface area contributed by atoms with Gasteiger partial charge in [0.2, 0.25) is 0 Å². The Labute approximate surface area is 194 Å². The van der Waals surface area contributed by atoms with Crippen molar-refractivity contribution in [1.29, 1.82) is 0 Å². The van der Waals surface area contributed by atoms with Crippen molar-refractivity contribution < 1.29 is 17.2 Å². The van der Waals surface area contributed by atoms with Crippen molar-refractivity contribution >= 4 is 15.5 Å². The second-order valence-electron chi connectivity index (χ2n) is 8.12. The molecule has 10 heteroatoms. The summed E-state index contributed by atoms with van der Waals surface area (Å²) in [4.78, 5) is 8.84. The largest absolute Gasteiger partial charge is 0.300 e. The average Bonchev–Trinajstić information content (AvgIpc) is 3.38. The van der Waals surface area contributed by atoms with Gasteiger partial charge in [0.1, 0.15) is 17.3 Å². The lowest BCUT2D eigenvalue weighted by atomic mass is 10.1. The molecule has 1 aromatic carbocycles. The first-order valence-electron chi connectivity index (χ1n) is 10.3. The molecular formula is C24H19F2N5O2S. The summed E-state index contributed by atoms with van der Waals surface area (Å²) < 4.78 is 55.4. The van der Waals surface area contributed by atoms with Crippen LogP contribution in [-0.4, -0.2) is 38.8 Å². The van der Waals surface area contributed by atoms with Crippen LogP contribution >= 0.6 is 0 Å². The molecule has 0 saturated carbocycles. The van der Waals surface area contributed by atoms with E-state index >= 15 is 0 Å². The van der Waals surface area contributed by atoms with Crippen molar-refractivity contribution in [2.75, 3.05) is 6.26 Å². The number of hydrogen-bond acceptors (Lipinski definition) is 5. The molecule has 34 heavy (non-hydrogen) atoms. The summed E-state index contributed by atoms with van der Waals surface area (Å²) in [6.07, 6.45) is 8.29. The minimum Gasteiger partial charge on any atom is -0.300 e. The van der Waals surface area contributed by atoms with Crippen molar-refractivity contribution in [2.24, 2.45) is 7.05 Å². The fourth-order valence-corrected chi connectivity index (χ4v) is 4.54. The molecule has 0 bridgehead atoms. The van der Waals surface area contributed by atoms with Crippen LogP contribution in [-0.2, 0) is 22.6 Å². The number of aromatic nitrogens is 5. The predicted molar refractivity (Wildman–Crippen MR) is 125 cm³/mol. The standard InChI is InChI=1S/C24H19F2N5O2S/c1-30-13-17(11-28-30)15-5-6-31-23(12-27-24(31)9-15)16-7-19(14-34(2,32)33)29-22(8-16)20-4-3-18(25)10-21(20)26/h3-13H,14H2,1-2H3. The topological polar surface area (TPSA) is 82.2 Å². The van der Waals surface area contributed by atoms with Crippen molar-refractivity contribution in [3.63, 3.8) is 0 Å². The first-order chi connectivity index (χ1) is 16.2. The van der Waals surface area contributed by atoms with E-state index in [-0.39, 0.29) is 22.7 Å². The van der Waals surface area contributed by atoms with Gasteiger partial charge in [0.15, 0.2) is 9.84 Å². The number of rotatable bonds is 5. The molecule has 0 aliphatic carbocycles. The second kappa shape index (κ2) is 8.14. The van der Waals surface area contributed by atoms with Crippen LogP contribution in [0.3, 0.4) is 0 Å². The molecule has 0 unspecified atom stereocenters. The predicted octanol–water partition coefficient (Wildman–Crippen LogP) is 4.29. The second-order valence-corrected chi connectivity index (χ2v) is 10.3. The SMILES string of the molecule is Cn1cc(-c2ccn3c(-c4cc(CS(C)(=O)=O)nc(-c5ccc(F)cc5F)c4)cnc3c2)cn1. The Morgan fingerprint density at radius 2 is 1.79 bits per heavy atom. The Morgan fingerprint density at radius 1 is 0.971 bits per heavy atom.